The number of rotatable bonds is 4. The Balaban J connectivity index is 2.35. The minimum atomic E-state index is 0.0868. The molecular formula is C11H17NO. The van der Waals surface area contributed by atoms with Gasteiger partial charge in [0.25, 0.3) is 0 Å². The van der Waals surface area contributed by atoms with Crippen LogP contribution in [-0.4, -0.2) is 12.1 Å². The zero-order chi connectivity index (χ0) is 9.68. The topological polar surface area (TPSA) is 35.2 Å². The van der Waals surface area contributed by atoms with Gasteiger partial charge in [-0.2, -0.15) is 0 Å². The Morgan fingerprint density at radius 2 is 1.85 bits per heavy atom. The Kier molecular flexibility index (Phi) is 3.93. The van der Waals surface area contributed by atoms with Gasteiger partial charge < -0.3 is 10.5 Å². The molecule has 1 rings (SSSR count). The highest BCUT2D eigenvalue weighted by Gasteiger charge is 2.06. The van der Waals surface area contributed by atoms with Crippen LogP contribution in [-0.2, 0) is 11.3 Å². The summed E-state index contributed by atoms with van der Waals surface area (Å²) in [6, 6.07) is 10.2. The monoisotopic (exact) mass is 179 g/mol. The SMILES string of the molecule is C[C@H](N)[C@@H](C)OCc1ccccc1. The summed E-state index contributed by atoms with van der Waals surface area (Å²) in [6.07, 6.45) is 0.111. The molecule has 2 nitrogen and oxygen atoms in total. The smallest absolute Gasteiger partial charge is 0.0721 e. The average Bonchev–Trinajstić information content (AvgIpc) is 2.15. The van der Waals surface area contributed by atoms with E-state index in [-0.39, 0.29) is 12.1 Å². The first-order chi connectivity index (χ1) is 6.20. The molecule has 0 unspecified atom stereocenters. The number of hydrogen-bond donors (Lipinski definition) is 1. The summed E-state index contributed by atoms with van der Waals surface area (Å²) < 4.78 is 5.56. The lowest BCUT2D eigenvalue weighted by molar-refractivity contribution is 0.0398. The second-order valence-corrected chi connectivity index (χ2v) is 3.36. The molecule has 0 aliphatic carbocycles. The van der Waals surface area contributed by atoms with Gasteiger partial charge >= 0.3 is 0 Å². The molecule has 0 heterocycles. The summed E-state index contributed by atoms with van der Waals surface area (Å²) in [5, 5.41) is 0. The Bertz CT molecular complexity index is 233. The molecule has 13 heavy (non-hydrogen) atoms. The molecule has 2 atom stereocenters. The molecule has 2 N–H and O–H groups in total. The second kappa shape index (κ2) is 5.00. The maximum Gasteiger partial charge on any atom is 0.0721 e. The van der Waals surface area contributed by atoms with Crippen LogP contribution in [0.5, 0.6) is 0 Å². The van der Waals surface area contributed by atoms with E-state index in [1.807, 2.05) is 44.2 Å². The largest absolute Gasteiger partial charge is 0.372 e. The van der Waals surface area contributed by atoms with E-state index in [1.54, 1.807) is 0 Å². The minimum Gasteiger partial charge on any atom is -0.372 e. The van der Waals surface area contributed by atoms with Crippen molar-refractivity contribution < 1.29 is 4.74 Å². The van der Waals surface area contributed by atoms with Crippen LogP contribution in [0, 0.1) is 0 Å². The molecule has 0 aliphatic heterocycles. The second-order valence-electron chi connectivity index (χ2n) is 3.36. The van der Waals surface area contributed by atoms with Gasteiger partial charge in [0.05, 0.1) is 12.7 Å². The van der Waals surface area contributed by atoms with Crippen molar-refractivity contribution in [1.29, 1.82) is 0 Å². The third-order valence-corrected chi connectivity index (χ3v) is 2.10. The zero-order valence-electron chi connectivity index (χ0n) is 8.23. The summed E-state index contributed by atoms with van der Waals surface area (Å²) in [5.74, 6) is 0. The Labute approximate surface area is 79.7 Å². The fraction of sp³-hybridized carbons (Fsp3) is 0.455. The van der Waals surface area contributed by atoms with E-state index in [1.165, 1.54) is 5.56 Å². The quantitative estimate of drug-likeness (QED) is 0.766. The third kappa shape index (κ3) is 3.57. The van der Waals surface area contributed by atoms with E-state index >= 15 is 0 Å². The van der Waals surface area contributed by atoms with Crippen LogP contribution in [0.3, 0.4) is 0 Å². The van der Waals surface area contributed by atoms with Gasteiger partial charge in [-0.15, -0.1) is 0 Å². The van der Waals surface area contributed by atoms with E-state index < -0.39 is 0 Å². The molecule has 0 aliphatic rings. The molecular weight excluding hydrogens is 162 g/mol. The lowest BCUT2D eigenvalue weighted by Gasteiger charge is -2.16. The first kappa shape index (κ1) is 10.2. The highest BCUT2D eigenvalue weighted by Crippen LogP contribution is 2.04. The number of ether oxygens (including phenoxy) is 1. The predicted molar refractivity (Wildman–Crippen MR) is 54.3 cm³/mol. The van der Waals surface area contributed by atoms with Gasteiger partial charge in [0.15, 0.2) is 0 Å². The maximum atomic E-state index is 5.68. The molecule has 0 bridgehead atoms. The van der Waals surface area contributed by atoms with Crippen molar-refractivity contribution in [2.45, 2.75) is 32.6 Å². The first-order valence-electron chi connectivity index (χ1n) is 4.61. The van der Waals surface area contributed by atoms with Crippen molar-refractivity contribution in [3.8, 4) is 0 Å². The summed E-state index contributed by atoms with van der Waals surface area (Å²) >= 11 is 0. The normalized spacial score (nSPS) is 15.3. The van der Waals surface area contributed by atoms with E-state index in [2.05, 4.69) is 0 Å². The van der Waals surface area contributed by atoms with Gasteiger partial charge in [-0.05, 0) is 19.4 Å². The Morgan fingerprint density at radius 3 is 2.38 bits per heavy atom. The van der Waals surface area contributed by atoms with Crippen molar-refractivity contribution in [1.82, 2.24) is 0 Å². The van der Waals surface area contributed by atoms with Gasteiger partial charge in [-0.25, -0.2) is 0 Å². The zero-order valence-corrected chi connectivity index (χ0v) is 8.23. The molecule has 0 saturated heterocycles. The van der Waals surface area contributed by atoms with E-state index in [0.717, 1.165) is 0 Å². The molecule has 0 spiro atoms. The van der Waals surface area contributed by atoms with Gasteiger partial charge in [-0.1, -0.05) is 30.3 Å². The van der Waals surface area contributed by atoms with E-state index in [0.29, 0.717) is 6.61 Å². The molecule has 0 amide bonds. The first-order valence-corrected chi connectivity index (χ1v) is 4.61. The average molecular weight is 179 g/mol. The number of nitrogens with two attached hydrogens (primary N) is 1. The van der Waals surface area contributed by atoms with Crippen LogP contribution in [0.1, 0.15) is 19.4 Å². The van der Waals surface area contributed by atoms with Crippen LogP contribution >= 0.6 is 0 Å². The number of hydrogen-bond acceptors (Lipinski definition) is 2. The maximum absolute atomic E-state index is 5.68. The highest BCUT2D eigenvalue weighted by molar-refractivity contribution is 5.13. The Morgan fingerprint density at radius 1 is 1.23 bits per heavy atom. The summed E-state index contributed by atoms with van der Waals surface area (Å²) in [4.78, 5) is 0. The third-order valence-electron chi connectivity index (χ3n) is 2.10. The van der Waals surface area contributed by atoms with Crippen molar-refractivity contribution in [3.63, 3.8) is 0 Å². The van der Waals surface area contributed by atoms with E-state index in [9.17, 15) is 0 Å². The molecule has 72 valence electrons. The number of benzene rings is 1. The van der Waals surface area contributed by atoms with Crippen molar-refractivity contribution in [2.75, 3.05) is 0 Å². The van der Waals surface area contributed by atoms with Crippen molar-refractivity contribution in [2.24, 2.45) is 5.73 Å². The lowest BCUT2D eigenvalue weighted by atomic mass is 10.2. The molecule has 0 aromatic heterocycles. The summed E-state index contributed by atoms with van der Waals surface area (Å²) in [7, 11) is 0. The molecule has 2 heteroatoms. The van der Waals surface area contributed by atoms with Crippen molar-refractivity contribution >= 4 is 0 Å². The standard InChI is InChI=1S/C11H17NO/c1-9(12)10(2)13-8-11-6-4-3-5-7-11/h3-7,9-10H,8,12H2,1-2H3/t9-,10+/m0/s1. The fourth-order valence-electron chi connectivity index (χ4n) is 0.954. The predicted octanol–water partition coefficient (Wildman–Crippen LogP) is 1.94. The molecule has 0 saturated carbocycles. The van der Waals surface area contributed by atoms with Gasteiger partial charge in [0, 0.05) is 6.04 Å². The van der Waals surface area contributed by atoms with Crippen LogP contribution in [0.2, 0.25) is 0 Å². The fourth-order valence-corrected chi connectivity index (χ4v) is 0.954. The molecule has 0 radical (unpaired) electrons. The van der Waals surface area contributed by atoms with Crippen molar-refractivity contribution in [3.05, 3.63) is 35.9 Å². The molecule has 1 aromatic carbocycles. The van der Waals surface area contributed by atoms with Gasteiger partial charge in [0.1, 0.15) is 0 Å². The van der Waals surface area contributed by atoms with Crippen LogP contribution in [0.15, 0.2) is 30.3 Å². The summed E-state index contributed by atoms with van der Waals surface area (Å²) in [6.45, 7) is 4.59. The minimum absolute atomic E-state index is 0.0868. The molecule has 0 fully saturated rings. The van der Waals surface area contributed by atoms with Gasteiger partial charge in [-0.3, -0.25) is 0 Å². The van der Waals surface area contributed by atoms with Crippen LogP contribution in [0.4, 0.5) is 0 Å². The van der Waals surface area contributed by atoms with Crippen LogP contribution < -0.4 is 5.73 Å². The Hall–Kier alpha value is -0.860. The van der Waals surface area contributed by atoms with E-state index in [4.69, 9.17) is 10.5 Å². The summed E-state index contributed by atoms with van der Waals surface area (Å²) in [5.41, 5.74) is 6.86. The molecule has 1 aromatic rings. The lowest BCUT2D eigenvalue weighted by Crippen LogP contribution is -2.31. The van der Waals surface area contributed by atoms with Crippen LogP contribution in [0.25, 0.3) is 0 Å². The van der Waals surface area contributed by atoms with Gasteiger partial charge in [0.2, 0.25) is 0 Å². The highest BCUT2D eigenvalue weighted by atomic mass is 16.5.